The van der Waals surface area contributed by atoms with E-state index in [0.717, 1.165) is 16.0 Å². The highest BCUT2D eigenvalue weighted by Crippen LogP contribution is 2.28. The van der Waals surface area contributed by atoms with Gasteiger partial charge in [0, 0.05) is 12.1 Å². The molecule has 0 radical (unpaired) electrons. The Morgan fingerprint density at radius 2 is 1.95 bits per heavy atom. The van der Waals surface area contributed by atoms with Gasteiger partial charge in [-0.2, -0.15) is 0 Å². The fourth-order valence-corrected chi connectivity index (χ4v) is 3.43. The summed E-state index contributed by atoms with van der Waals surface area (Å²) in [5.74, 6) is -0.0486. The second-order valence-corrected chi connectivity index (χ2v) is 7.35. The van der Waals surface area contributed by atoms with E-state index < -0.39 is 0 Å². The van der Waals surface area contributed by atoms with Crippen molar-refractivity contribution in [1.29, 1.82) is 0 Å². The molecule has 0 saturated carbocycles. The summed E-state index contributed by atoms with van der Waals surface area (Å²) in [5, 5.41) is 14.5. The van der Waals surface area contributed by atoms with Crippen LogP contribution in [-0.2, 0) is 0 Å². The van der Waals surface area contributed by atoms with E-state index >= 15 is 0 Å². The lowest BCUT2D eigenvalue weighted by molar-refractivity contribution is 0.0906. The van der Waals surface area contributed by atoms with Gasteiger partial charge in [0.05, 0.1) is 11.0 Å². The van der Waals surface area contributed by atoms with Crippen molar-refractivity contribution in [3.63, 3.8) is 0 Å². The van der Waals surface area contributed by atoms with Crippen LogP contribution in [0, 0.1) is 5.41 Å². The molecule has 1 aromatic heterocycles. The Labute approximate surface area is 136 Å². The van der Waals surface area contributed by atoms with Crippen molar-refractivity contribution in [2.45, 2.75) is 33.3 Å². The number of nitrogens with one attached hydrogen (secondary N) is 1. The Morgan fingerprint density at radius 1 is 1.27 bits per heavy atom. The van der Waals surface area contributed by atoms with Crippen LogP contribution in [0.1, 0.15) is 36.9 Å². The van der Waals surface area contributed by atoms with Crippen LogP contribution in [0.3, 0.4) is 0 Å². The normalized spacial score (nSPS) is 12.9. The summed E-state index contributed by atoms with van der Waals surface area (Å²) in [6.45, 7) is 6.41. The second-order valence-electron chi connectivity index (χ2n) is 6.43. The number of amides is 1. The van der Waals surface area contributed by atoms with Gasteiger partial charge in [0.1, 0.15) is 0 Å². The van der Waals surface area contributed by atoms with E-state index in [1.54, 1.807) is 6.92 Å². The largest absolute Gasteiger partial charge is 0.393 e. The Hall–Kier alpha value is -1.65. The molecule has 0 saturated heterocycles. The first-order valence-electron chi connectivity index (χ1n) is 7.48. The first-order valence-corrected chi connectivity index (χ1v) is 8.36. The molecule has 2 N–H and O–H groups in total. The van der Waals surface area contributed by atoms with E-state index in [-0.39, 0.29) is 17.4 Å². The summed E-state index contributed by atoms with van der Waals surface area (Å²) in [4.78, 5) is 13.2. The zero-order chi connectivity index (χ0) is 16.2. The van der Waals surface area contributed by atoms with Crippen LogP contribution >= 0.6 is 11.3 Å². The Kier molecular flexibility index (Phi) is 5.37. The average Bonchev–Trinajstić information content (AvgIpc) is 2.94. The quantitative estimate of drug-likeness (QED) is 0.848. The first kappa shape index (κ1) is 16.7. The van der Waals surface area contributed by atoms with Crippen molar-refractivity contribution in [3.8, 4) is 11.1 Å². The molecular formula is C18H23NO2S. The second kappa shape index (κ2) is 7.07. The first-order chi connectivity index (χ1) is 10.4. The van der Waals surface area contributed by atoms with Crippen molar-refractivity contribution < 1.29 is 9.90 Å². The highest BCUT2D eigenvalue weighted by molar-refractivity contribution is 7.12. The van der Waals surface area contributed by atoms with Gasteiger partial charge in [-0.15, -0.1) is 11.3 Å². The van der Waals surface area contributed by atoms with Crippen molar-refractivity contribution in [3.05, 3.63) is 46.7 Å². The van der Waals surface area contributed by atoms with E-state index in [9.17, 15) is 9.90 Å². The molecule has 0 spiro atoms. The molecule has 2 aromatic rings. The van der Waals surface area contributed by atoms with E-state index in [0.29, 0.717) is 13.0 Å². The standard InChI is InChI=1S/C18H23NO2S/c1-13(20)11-18(2,3)12-19-17(21)16-15(9-10-22-16)14-7-5-4-6-8-14/h4-10,13,20H,11-12H2,1-3H3,(H,19,21). The number of thiophene rings is 1. The topological polar surface area (TPSA) is 49.3 Å². The molecular weight excluding hydrogens is 294 g/mol. The maximum atomic E-state index is 12.5. The molecule has 2 rings (SSSR count). The van der Waals surface area contributed by atoms with Crippen LogP contribution in [0.15, 0.2) is 41.8 Å². The van der Waals surface area contributed by atoms with Crippen molar-refractivity contribution in [2.75, 3.05) is 6.54 Å². The van der Waals surface area contributed by atoms with Crippen molar-refractivity contribution in [2.24, 2.45) is 5.41 Å². The van der Waals surface area contributed by atoms with E-state index in [1.807, 2.05) is 55.6 Å². The SMILES string of the molecule is CC(O)CC(C)(C)CNC(=O)c1sccc1-c1ccccc1. The molecule has 0 bridgehead atoms. The predicted octanol–water partition coefficient (Wildman–Crippen LogP) is 3.94. The van der Waals surface area contributed by atoms with Gasteiger partial charge in [-0.1, -0.05) is 44.2 Å². The summed E-state index contributed by atoms with van der Waals surface area (Å²) in [5.41, 5.74) is 1.89. The minimum absolute atomic E-state index is 0.0486. The number of rotatable bonds is 6. The van der Waals surface area contributed by atoms with Gasteiger partial charge in [0.15, 0.2) is 0 Å². The van der Waals surface area contributed by atoms with Crippen LogP contribution in [-0.4, -0.2) is 23.7 Å². The molecule has 0 aliphatic heterocycles. The van der Waals surface area contributed by atoms with E-state index in [4.69, 9.17) is 0 Å². The molecule has 0 fully saturated rings. The molecule has 22 heavy (non-hydrogen) atoms. The Bertz CT molecular complexity index is 617. The van der Waals surface area contributed by atoms with Gasteiger partial charge in [0.25, 0.3) is 5.91 Å². The van der Waals surface area contributed by atoms with Crippen LogP contribution in [0.5, 0.6) is 0 Å². The predicted molar refractivity (Wildman–Crippen MR) is 92.2 cm³/mol. The highest BCUT2D eigenvalue weighted by Gasteiger charge is 2.22. The summed E-state index contributed by atoms with van der Waals surface area (Å²) in [7, 11) is 0. The average molecular weight is 317 g/mol. The number of carbonyl (C=O) groups excluding carboxylic acids is 1. The van der Waals surface area contributed by atoms with Crippen LogP contribution < -0.4 is 5.32 Å². The Balaban J connectivity index is 2.07. The molecule has 4 heteroatoms. The summed E-state index contributed by atoms with van der Waals surface area (Å²) in [6, 6.07) is 11.9. The third-order valence-corrected chi connectivity index (χ3v) is 4.44. The van der Waals surface area contributed by atoms with Crippen molar-refractivity contribution in [1.82, 2.24) is 5.32 Å². The molecule has 1 atom stereocenters. The number of aliphatic hydroxyl groups excluding tert-OH is 1. The van der Waals surface area contributed by atoms with Gasteiger partial charge >= 0.3 is 0 Å². The number of hydrogen-bond acceptors (Lipinski definition) is 3. The maximum Gasteiger partial charge on any atom is 0.262 e. The fraction of sp³-hybridized carbons (Fsp3) is 0.389. The van der Waals surface area contributed by atoms with Gasteiger partial charge in [-0.05, 0) is 35.8 Å². The molecule has 1 aromatic carbocycles. The molecule has 0 aliphatic carbocycles. The fourth-order valence-electron chi connectivity index (χ4n) is 2.60. The number of benzene rings is 1. The van der Waals surface area contributed by atoms with E-state index in [1.165, 1.54) is 11.3 Å². The van der Waals surface area contributed by atoms with Gasteiger partial charge < -0.3 is 10.4 Å². The summed E-state index contributed by atoms with van der Waals surface area (Å²) >= 11 is 1.46. The molecule has 1 amide bonds. The third kappa shape index (κ3) is 4.42. The zero-order valence-electron chi connectivity index (χ0n) is 13.3. The van der Waals surface area contributed by atoms with Crippen LogP contribution in [0.25, 0.3) is 11.1 Å². The monoisotopic (exact) mass is 317 g/mol. The molecule has 0 aliphatic rings. The molecule has 1 heterocycles. The number of aliphatic hydroxyl groups is 1. The number of carbonyl (C=O) groups is 1. The number of hydrogen-bond donors (Lipinski definition) is 2. The van der Waals surface area contributed by atoms with Crippen molar-refractivity contribution >= 4 is 17.2 Å². The lowest BCUT2D eigenvalue weighted by atomic mass is 9.87. The third-order valence-electron chi connectivity index (χ3n) is 3.53. The maximum absolute atomic E-state index is 12.5. The van der Waals surface area contributed by atoms with Crippen LogP contribution in [0.2, 0.25) is 0 Å². The molecule has 118 valence electrons. The zero-order valence-corrected chi connectivity index (χ0v) is 14.1. The van der Waals surface area contributed by atoms with E-state index in [2.05, 4.69) is 5.32 Å². The van der Waals surface area contributed by atoms with Gasteiger partial charge in [-0.3, -0.25) is 4.79 Å². The minimum atomic E-state index is -0.367. The minimum Gasteiger partial charge on any atom is -0.393 e. The lowest BCUT2D eigenvalue weighted by Gasteiger charge is -2.26. The smallest absolute Gasteiger partial charge is 0.262 e. The Morgan fingerprint density at radius 3 is 2.59 bits per heavy atom. The van der Waals surface area contributed by atoms with Crippen LogP contribution in [0.4, 0.5) is 0 Å². The highest BCUT2D eigenvalue weighted by atomic mass is 32.1. The summed E-state index contributed by atoms with van der Waals surface area (Å²) in [6.07, 6.45) is 0.289. The summed E-state index contributed by atoms with van der Waals surface area (Å²) < 4.78 is 0. The van der Waals surface area contributed by atoms with Gasteiger partial charge in [0.2, 0.25) is 0 Å². The molecule has 3 nitrogen and oxygen atoms in total. The lowest BCUT2D eigenvalue weighted by Crippen LogP contribution is -2.35. The van der Waals surface area contributed by atoms with Gasteiger partial charge in [-0.25, -0.2) is 0 Å². The molecule has 1 unspecified atom stereocenters.